The van der Waals surface area contributed by atoms with Crippen LogP contribution in [0.1, 0.15) is 31.4 Å². The van der Waals surface area contributed by atoms with Crippen molar-refractivity contribution in [2.75, 3.05) is 13.1 Å². The van der Waals surface area contributed by atoms with E-state index < -0.39 is 0 Å². The van der Waals surface area contributed by atoms with Gasteiger partial charge in [0.15, 0.2) is 0 Å². The summed E-state index contributed by atoms with van der Waals surface area (Å²) in [6.07, 6.45) is 2.44. The first-order chi connectivity index (χ1) is 7.75. The fourth-order valence-corrected chi connectivity index (χ4v) is 2.32. The average molecular weight is 239 g/mol. The SMILES string of the molecule is C[C@@H](NC1CCNCC1)c1ccc(Cl)cc1. The summed E-state index contributed by atoms with van der Waals surface area (Å²) in [6, 6.07) is 9.16. The molecule has 0 unspecified atom stereocenters. The summed E-state index contributed by atoms with van der Waals surface area (Å²) in [5, 5.41) is 7.85. The van der Waals surface area contributed by atoms with Crippen LogP contribution in [0, 0.1) is 0 Å². The minimum absolute atomic E-state index is 0.403. The van der Waals surface area contributed by atoms with E-state index in [1.807, 2.05) is 12.1 Å². The maximum absolute atomic E-state index is 5.88. The van der Waals surface area contributed by atoms with E-state index in [2.05, 4.69) is 29.7 Å². The summed E-state index contributed by atoms with van der Waals surface area (Å²) in [5.74, 6) is 0. The molecule has 1 aliphatic rings. The second kappa shape index (κ2) is 5.67. The molecule has 3 heteroatoms. The van der Waals surface area contributed by atoms with Crippen molar-refractivity contribution in [3.63, 3.8) is 0 Å². The van der Waals surface area contributed by atoms with Crippen LogP contribution in [0.15, 0.2) is 24.3 Å². The fourth-order valence-electron chi connectivity index (χ4n) is 2.19. The molecule has 2 N–H and O–H groups in total. The highest BCUT2D eigenvalue weighted by Crippen LogP contribution is 2.17. The lowest BCUT2D eigenvalue weighted by atomic mass is 10.0. The molecule has 0 spiro atoms. The van der Waals surface area contributed by atoms with E-state index in [9.17, 15) is 0 Å². The number of halogens is 1. The normalized spacial score (nSPS) is 19.6. The van der Waals surface area contributed by atoms with Gasteiger partial charge in [0.2, 0.25) is 0 Å². The first-order valence-corrected chi connectivity index (χ1v) is 6.36. The predicted octanol–water partition coefficient (Wildman–Crippen LogP) is 2.74. The quantitative estimate of drug-likeness (QED) is 0.846. The van der Waals surface area contributed by atoms with Crippen molar-refractivity contribution < 1.29 is 0 Å². The molecule has 1 atom stereocenters. The van der Waals surface area contributed by atoms with Gasteiger partial charge in [-0.3, -0.25) is 0 Å². The summed E-state index contributed by atoms with van der Waals surface area (Å²) in [5.41, 5.74) is 1.31. The Kier molecular flexibility index (Phi) is 4.22. The van der Waals surface area contributed by atoms with Crippen LogP contribution in [0.5, 0.6) is 0 Å². The third kappa shape index (κ3) is 3.21. The van der Waals surface area contributed by atoms with E-state index in [1.165, 1.54) is 18.4 Å². The van der Waals surface area contributed by atoms with Crippen molar-refractivity contribution in [2.24, 2.45) is 0 Å². The van der Waals surface area contributed by atoms with Crippen molar-refractivity contribution in [2.45, 2.75) is 31.8 Å². The van der Waals surface area contributed by atoms with Gasteiger partial charge in [-0.1, -0.05) is 23.7 Å². The van der Waals surface area contributed by atoms with Crippen LogP contribution in [0.2, 0.25) is 5.02 Å². The molecule has 1 fully saturated rings. The lowest BCUT2D eigenvalue weighted by Crippen LogP contribution is -2.40. The number of piperidine rings is 1. The number of rotatable bonds is 3. The summed E-state index contributed by atoms with van der Waals surface area (Å²) in [6.45, 7) is 4.47. The van der Waals surface area contributed by atoms with E-state index in [0.717, 1.165) is 18.1 Å². The van der Waals surface area contributed by atoms with E-state index >= 15 is 0 Å². The van der Waals surface area contributed by atoms with Crippen LogP contribution < -0.4 is 10.6 Å². The Hall–Kier alpha value is -0.570. The molecular formula is C13H19ClN2. The van der Waals surface area contributed by atoms with E-state index in [1.54, 1.807) is 0 Å². The zero-order valence-corrected chi connectivity index (χ0v) is 10.4. The number of benzene rings is 1. The van der Waals surface area contributed by atoms with Gasteiger partial charge in [-0.2, -0.15) is 0 Å². The Morgan fingerprint density at radius 3 is 2.50 bits per heavy atom. The van der Waals surface area contributed by atoms with Gasteiger partial charge < -0.3 is 10.6 Å². The van der Waals surface area contributed by atoms with Crippen molar-refractivity contribution in [3.05, 3.63) is 34.9 Å². The molecule has 88 valence electrons. The highest BCUT2D eigenvalue weighted by Gasteiger charge is 2.15. The van der Waals surface area contributed by atoms with Crippen LogP contribution in [-0.2, 0) is 0 Å². The number of hydrogen-bond acceptors (Lipinski definition) is 2. The molecule has 0 aliphatic carbocycles. The Morgan fingerprint density at radius 2 is 1.88 bits per heavy atom. The Labute approximate surface area is 102 Å². The maximum Gasteiger partial charge on any atom is 0.0406 e. The molecule has 0 radical (unpaired) electrons. The van der Waals surface area contributed by atoms with Gasteiger partial charge in [0.1, 0.15) is 0 Å². The highest BCUT2D eigenvalue weighted by molar-refractivity contribution is 6.30. The van der Waals surface area contributed by atoms with Gasteiger partial charge in [0, 0.05) is 17.1 Å². The van der Waals surface area contributed by atoms with Crippen molar-refractivity contribution in [1.29, 1.82) is 0 Å². The van der Waals surface area contributed by atoms with Gasteiger partial charge in [0.05, 0.1) is 0 Å². The topological polar surface area (TPSA) is 24.1 Å². The minimum Gasteiger partial charge on any atom is -0.317 e. The first kappa shape index (κ1) is 11.9. The molecule has 1 aliphatic heterocycles. The Balaban J connectivity index is 1.91. The van der Waals surface area contributed by atoms with Crippen LogP contribution in [0.25, 0.3) is 0 Å². The Bertz CT molecular complexity index is 317. The molecule has 2 rings (SSSR count). The van der Waals surface area contributed by atoms with Gasteiger partial charge in [-0.15, -0.1) is 0 Å². The lowest BCUT2D eigenvalue weighted by Gasteiger charge is -2.27. The molecule has 0 saturated carbocycles. The van der Waals surface area contributed by atoms with Gasteiger partial charge >= 0.3 is 0 Å². The zero-order valence-electron chi connectivity index (χ0n) is 9.67. The molecule has 1 heterocycles. The third-order valence-corrected chi connectivity index (χ3v) is 3.45. The smallest absolute Gasteiger partial charge is 0.0406 e. The largest absolute Gasteiger partial charge is 0.317 e. The van der Waals surface area contributed by atoms with Gasteiger partial charge in [0.25, 0.3) is 0 Å². The molecule has 1 saturated heterocycles. The van der Waals surface area contributed by atoms with Crippen LogP contribution in [-0.4, -0.2) is 19.1 Å². The molecule has 16 heavy (non-hydrogen) atoms. The second-order valence-corrected chi connectivity index (χ2v) is 4.90. The monoisotopic (exact) mass is 238 g/mol. The van der Waals surface area contributed by atoms with E-state index in [4.69, 9.17) is 11.6 Å². The summed E-state index contributed by atoms with van der Waals surface area (Å²) >= 11 is 5.88. The lowest BCUT2D eigenvalue weighted by molar-refractivity contribution is 0.359. The van der Waals surface area contributed by atoms with Crippen LogP contribution in [0.4, 0.5) is 0 Å². The fraction of sp³-hybridized carbons (Fsp3) is 0.538. The maximum atomic E-state index is 5.88. The molecule has 1 aromatic carbocycles. The number of hydrogen-bond donors (Lipinski definition) is 2. The zero-order chi connectivity index (χ0) is 11.4. The van der Waals surface area contributed by atoms with E-state index in [0.29, 0.717) is 12.1 Å². The molecule has 0 bridgehead atoms. The second-order valence-electron chi connectivity index (χ2n) is 4.46. The first-order valence-electron chi connectivity index (χ1n) is 5.98. The van der Waals surface area contributed by atoms with Crippen molar-refractivity contribution in [3.8, 4) is 0 Å². The van der Waals surface area contributed by atoms with Crippen molar-refractivity contribution in [1.82, 2.24) is 10.6 Å². The summed E-state index contributed by atoms with van der Waals surface area (Å²) in [7, 11) is 0. The standard InChI is InChI=1S/C13H19ClN2/c1-10(11-2-4-12(14)5-3-11)16-13-6-8-15-9-7-13/h2-5,10,13,15-16H,6-9H2,1H3/t10-/m1/s1. The molecule has 2 nitrogen and oxygen atoms in total. The summed E-state index contributed by atoms with van der Waals surface area (Å²) in [4.78, 5) is 0. The van der Waals surface area contributed by atoms with Gasteiger partial charge in [-0.05, 0) is 50.6 Å². The molecule has 0 amide bonds. The number of nitrogens with one attached hydrogen (secondary N) is 2. The average Bonchev–Trinajstić information content (AvgIpc) is 2.31. The predicted molar refractivity (Wildman–Crippen MR) is 68.9 cm³/mol. The summed E-state index contributed by atoms with van der Waals surface area (Å²) < 4.78 is 0. The van der Waals surface area contributed by atoms with Gasteiger partial charge in [-0.25, -0.2) is 0 Å². The van der Waals surface area contributed by atoms with E-state index in [-0.39, 0.29) is 0 Å². The highest BCUT2D eigenvalue weighted by atomic mass is 35.5. The van der Waals surface area contributed by atoms with Crippen LogP contribution >= 0.6 is 11.6 Å². The molecular weight excluding hydrogens is 220 g/mol. The van der Waals surface area contributed by atoms with Crippen molar-refractivity contribution >= 4 is 11.6 Å². The van der Waals surface area contributed by atoms with Crippen LogP contribution in [0.3, 0.4) is 0 Å². The Morgan fingerprint density at radius 1 is 1.25 bits per heavy atom. The molecule has 1 aromatic rings. The minimum atomic E-state index is 0.403. The third-order valence-electron chi connectivity index (χ3n) is 3.19. The molecule has 0 aromatic heterocycles.